The second-order valence-electron chi connectivity index (χ2n) is 7.32. The maximum atomic E-state index is 12.5. The topological polar surface area (TPSA) is 65.0 Å². The van der Waals surface area contributed by atoms with Gasteiger partial charge in [-0.2, -0.15) is 0 Å². The summed E-state index contributed by atoms with van der Waals surface area (Å²) >= 11 is 1.67. The van der Waals surface area contributed by atoms with Crippen molar-refractivity contribution in [1.29, 1.82) is 0 Å². The van der Waals surface area contributed by atoms with E-state index in [9.17, 15) is 9.59 Å². The fourth-order valence-corrected chi connectivity index (χ4v) is 4.48. The standard InChI is InChI=1S/C19H26N4O2S/c1-12(2)8-9-26-19-20-16-15(17(24)21-18(25)22(16)4)23(19)11-14-7-5-6-13(3)10-14/h5-7,10,12,15-16H,8-9,11H2,1-4H3,(H,21,24,25). The highest BCUT2D eigenvalue weighted by molar-refractivity contribution is 8.13. The van der Waals surface area contributed by atoms with Crippen molar-refractivity contribution in [2.75, 3.05) is 12.8 Å². The van der Waals surface area contributed by atoms with E-state index in [1.54, 1.807) is 18.8 Å². The predicted octanol–water partition coefficient (Wildman–Crippen LogP) is 2.82. The van der Waals surface area contributed by atoms with E-state index < -0.39 is 12.2 Å². The summed E-state index contributed by atoms with van der Waals surface area (Å²) in [6.45, 7) is 7.05. The summed E-state index contributed by atoms with van der Waals surface area (Å²) in [6, 6.07) is 7.41. The molecule has 1 aromatic rings. The van der Waals surface area contributed by atoms with Crippen LogP contribution in [0.1, 0.15) is 31.4 Å². The number of amides is 3. The molecule has 7 heteroatoms. The number of carbonyl (C=O) groups excluding carboxylic acids is 2. The summed E-state index contributed by atoms with van der Waals surface area (Å²) in [5.41, 5.74) is 2.32. The molecule has 0 bridgehead atoms. The van der Waals surface area contributed by atoms with Gasteiger partial charge in [-0.15, -0.1) is 0 Å². The molecule has 2 aliphatic heterocycles. The van der Waals surface area contributed by atoms with Gasteiger partial charge in [-0.05, 0) is 24.8 Å². The molecular weight excluding hydrogens is 348 g/mol. The zero-order valence-electron chi connectivity index (χ0n) is 15.7. The van der Waals surface area contributed by atoms with Gasteiger partial charge in [-0.1, -0.05) is 55.4 Å². The number of aliphatic imine (C=N–C) groups is 1. The van der Waals surface area contributed by atoms with Gasteiger partial charge in [0.2, 0.25) is 0 Å². The van der Waals surface area contributed by atoms with E-state index in [0.717, 1.165) is 22.9 Å². The Balaban J connectivity index is 1.85. The molecule has 0 radical (unpaired) electrons. The van der Waals surface area contributed by atoms with Gasteiger partial charge in [0.15, 0.2) is 17.4 Å². The summed E-state index contributed by atoms with van der Waals surface area (Å²) in [5, 5.41) is 3.29. The Morgan fingerprint density at radius 2 is 2.08 bits per heavy atom. The van der Waals surface area contributed by atoms with Gasteiger partial charge in [-0.25, -0.2) is 9.79 Å². The third-order valence-electron chi connectivity index (χ3n) is 4.68. The van der Waals surface area contributed by atoms with Gasteiger partial charge in [0.1, 0.15) is 0 Å². The molecule has 0 saturated carbocycles. The fraction of sp³-hybridized carbons (Fsp3) is 0.526. The van der Waals surface area contributed by atoms with Crippen LogP contribution in [0.15, 0.2) is 29.3 Å². The molecule has 1 N–H and O–H groups in total. The highest BCUT2D eigenvalue weighted by atomic mass is 32.2. The van der Waals surface area contributed by atoms with E-state index >= 15 is 0 Å². The van der Waals surface area contributed by atoms with Crippen molar-refractivity contribution in [1.82, 2.24) is 15.1 Å². The molecule has 2 unspecified atom stereocenters. The molecule has 0 aromatic heterocycles. The Morgan fingerprint density at radius 3 is 2.77 bits per heavy atom. The number of hydrogen-bond donors (Lipinski definition) is 1. The van der Waals surface area contributed by atoms with Crippen molar-refractivity contribution in [2.24, 2.45) is 10.9 Å². The fourth-order valence-electron chi connectivity index (χ4n) is 3.18. The maximum Gasteiger partial charge on any atom is 0.325 e. The van der Waals surface area contributed by atoms with Crippen LogP contribution in [0.3, 0.4) is 0 Å². The van der Waals surface area contributed by atoms with Crippen LogP contribution < -0.4 is 5.32 Å². The van der Waals surface area contributed by atoms with E-state index in [4.69, 9.17) is 4.99 Å². The smallest absolute Gasteiger partial charge is 0.325 e. The second-order valence-corrected chi connectivity index (χ2v) is 8.39. The molecule has 1 fully saturated rings. The van der Waals surface area contributed by atoms with Crippen LogP contribution in [0.2, 0.25) is 0 Å². The van der Waals surface area contributed by atoms with Crippen molar-refractivity contribution in [3.05, 3.63) is 35.4 Å². The van der Waals surface area contributed by atoms with Crippen molar-refractivity contribution in [2.45, 2.75) is 45.9 Å². The molecule has 3 amide bonds. The number of nitrogens with one attached hydrogen (secondary N) is 1. The van der Waals surface area contributed by atoms with Crippen LogP contribution in [-0.4, -0.2) is 51.9 Å². The molecule has 140 valence electrons. The van der Waals surface area contributed by atoms with Crippen LogP contribution in [0, 0.1) is 12.8 Å². The molecule has 0 spiro atoms. The number of likely N-dealkylation sites (N-methyl/N-ethyl adjacent to an activating group) is 1. The molecule has 1 saturated heterocycles. The minimum absolute atomic E-state index is 0.269. The number of benzene rings is 1. The summed E-state index contributed by atoms with van der Waals surface area (Å²) in [5.74, 6) is 1.29. The van der Waals surface area contributed by atoms with Crippen LogP contribution >= 0.6 is 11.8 Å². The average molecular weight is 375 g/mol. The largest absolute Gasteiger partial charge is 0.331 e. The van der Waals surface area contributed by atoms with E-state index in [2.05, 4.69) is 44.3 Å². The molecule has 3 rings (SSSR count). The number of carbonyl (C=O) groups is 2. The Kier molecular flexibility index (Phi) is 5.55. The quantitative estimate of drug-likeness (QED) is 0.861. The molecule has 2 aliphatic rings. The lowest BCUT2D eigenvalue weighted by atomic mass is 10.1. The first kappa shape index (κ1) is 18.8. The Hall–Kier alpha value is -2.02. The number of nitrogens with zero attached hydrogens (tertiary/aromatic N) is 3. The van der Waals surface area contributed by atoms with Crippen molar-refractivity contribution in [3.8, 4) is 0 Å². The Morgan fingerprint density at radius 1 is 1.31 bits per heavy atom. The zero-order valence-corrected chi connectivity index (χ0v) is 16.5. The highest BCUT2D eigenvalue weighted by Gasteiger charge is 2.48. The van der Waals surface area contributed by atoms with Crippen molar-refractivity contribution in [3.63, 3.8) is 0 Å². The summed E-state index contributed by atoms with van der Waals surface area (Å²) in [6.07, 6.45) is 0.626. The lowest BCUT2D eigenvalue weighted by molar-refractivity contribution is -0.127. The van der Waals surface area contributed by atoms with Crippen molar-refractivity contribution < 1.29 is 9.59 Å². The number of thioether (sulfide) groups is 1. The summed E-state index contributed by atoms with van der Waals surface area (Å²) in [7, 11) is 1.69. The van der Waals surface area contributed by atoms with Crippen LogP contribution in [0.25, 0.3) is 0 Å². The lowest BCUT2D eigenvalue weighted by Gasteiger charge is -2.36. The highest BCUT2D eigenvalue weighted by Crippen LogP contribution is 2.30. The summed E-state index contributed by atoms with van der Waals surface area (Å²) < 4.78 is 0. The zero-order chi connectivity index (χ0) is 18.8. The minimum Gasteiger partial charge on any atom is -0.331 e. The van der Waals surface area contributed by atoms with Gasteiger partial charge >= 0.3 is 6.03 Å². The number of amidine groups is 1. The van der Waals surface area contributed by atoms with Crippen LogP contribution in [-0.2, 0) is 11.3 Å². The first-order chi connectivity index (χ1) is 12.4. The van der Waals surface area contributed by atoms with E-state index in [-0.39, 0.29) is 11.9 Å². The first-order valence-corrected chi connectivity index (χ1v) is 9.96. The lowest BCUT2D eigenvalue weighted by Crippen LogP contribution is -2.63. The molecule has 0 aliphatic carbocycles. The van der Waals surface area contributed by atoms with Gasteiger partial charge < -0.3 is 9.80 Å². The average Bonchev–Trinajstić information content (AvgIpc) is 2.92. The second kappa shape index (κ2) is 7.70. The SMILES string of the molecule is Cc1cccc(CN2C(SCCC(C)C)=NC3C2C(=O)NC(=O)N3C)c1. The minimum atomic E-state index is -0.472. The molecule has 1 aromatic carbocycles. The number of aryl methyl sites for hydroxylation is 1. The van der Waals surface area contributed by atoms with Gasteiger partial charge in [0.05, 0.1) is 0 Å². The summed E-state index contributed by atoms with van der Waals surface area (Å²) in [4.78, 5) is 32.8. The molecular formula is C19H26N4O2S. The number of hydrogen-bond acceptors (Lipinski definition) is 5. The molecule has 2 atom stereocenters. The first-order valence-electron chi connectivity index (χ1n) is 8.97. The molecule has 26 heavy (non-hydrogen) atoms. The molecule has 2 heterocycles. The van der Waals surface area contributed by atoms with Crippen molar-refractivity contribution >= 4 is 28.9 Å². The van der Waals surface area contributed by atoms with Crippen LogP contribution in [0.5, 0.6) is 0 Å². The van der Waals surface area contributed by atoms with E-state index in [1.807, 2.05) is 11.0 Å². The van der Waals surface area contributed by atoms with E-state index in [1.165, 1.54) is 10.5 Å². The normalized spacial score (nSPS) is 22.6. The van der Waals surface area contributed by atoms with Crippen LogP contribution in [0.4, 0.5) is 4.79 Å². The number of rotatable bonds is 5. The van der Waals surface area contributed by atoms with Gasteiger partial charge in [-0.3, -0.25) is 10.1 Å². The maximum absolute atomic E-state index is 12.5. The van der Waals surface area contributed by atoms with Gasteiger partial charge in [0, 0.05) is 19.3 Å². The Bertz CT molecular complexity index is 734. The third-order valence-corrected chi connectivity index (χ3v) is 5.72. The van der Waals surface area contributed by atoms with Gasteiger partial charge in [0.25, 0.3) is 5.91 Å². The number of urea groups is 1. The molecule has 6 nitrogen and oxygen atoms in total. The number of imide groups is 1. The third kappa shape index (κ3) is 3.87. The predicted molar refractivity (Wildman–Crippen MR) is 105 cm³/mol. The Labute approximate surface area is 159 Å². The van der Waals surface area contributed by atoms with E-state index in [0.29, 0.717) is 12.5 Å². The number of fused-ring (bicyclic) bond motifs is 1. The monoisotopic (exact) mass is 374 g/mol.